The predicted molar refractivity (Wildman–Crippen MR) is 65.5 cm³/mol. The summed E-state index contributed by atoms with van der Waals surface area (Å²) in [7, 11) is 0. The quantitative estimate of drug-likeness (QED) is 0.940. The van der Waals surface area contributed by atoms with Crippen LogP contribution in [0.25, 0.3) is 10.7 Å². The molecule has 2 heterocycles. The van der Waals surface area contributed by atoms with Gasteiger partial charge in [0.2, 0.25) is 0 Å². The zero-order chi connectivity index (χ0) is 13.9. The van der Waals surface area contributed by atoms with Crippen LogP contribution in [0.15, 0.2) is 18.6 Å². The van der Waals surface area contributed by atoms with Crippen molar-refractivity contribution in [3.05, 3.63) is 29.2 Å². The van der Waals surface area contributed by atoms with Crippen molar-refractivity contribution in [2.75, 3.05) is 6.54 Å². The van der Waals surface area contributed by atoms with Crippen molar-refractivity contribution < 1.29 is 13.2 Å². The average molecular weight is 288 g/mol. The van der Waals surface area contributed by atoms with E-state index in [9.17, 15) is 13.2 Å². The topological polar surface area (TPSA) is 50.7 Å². The second kappa shape index (κ2) is 5.62. The highest BCUT2D eigenvalue weighted by Crippen LogP contribution is 2.37. The maximum absolute atomic E-state index is 12.9. The Morgan fingerprint density at radius 1 is 1.37 bits per heavy atom. The monoisotopic (exact) mass is 288 g/mol. The molecule has 0 amide bonds. The molecule has 0 aromatic carbocycles. The molecule has 0 unspecified atom stereocenters. The van der Waals surface area contributed by atoms with Gasteiger partial charge in [0.25, 0.3) is 0 Å². The third-order valence-electron chi connectivity index (χ3n) is 2.30. The molecule has 4 nitrogen and oxygen atoms in total. The van der Waals surface area contributed by atoms with E-state index in [0.717, 1.165) is 11.3 Å². The van der Waals surface area contributed by atoms with E-state index < -0.39 is 11.9 Å². The lowest BCUT2D eigenvalue weighted by Gasteiger charge is -2.05. The van der Waals surface area contributed by atoms with Crippen LogP contribution in [0.5, 0.6) is 0 Å². The zero-order valence-corrected chi connectivity index (χ0v) is 10.8. The van der Waals surface area contributed by atoms with Crippen LogP contribution >= 0.6 is 11.3 Å². The Hall–Kier alpha value is -1.54. The first-order valence-corrected chi connectivity index (χ1v) is 6.38. The Morgan fingerprint density at radius 3 is 2.74 bits per heavy atom. The minimum absolute atomic E-state index is 0.147. The van der Waals surface area contributed by atoms with Crippen LogP contribution in [0.1, 0.15) is 17.5 Å². The van der Waals surface area contributed by atoms with E-state index in [1.165, 1.54) is 18.6 Å². The lowest BCUT2D eigenvalue weighted by Crippen LogP contribution is -2.15. The van der Waals surface area contributed by atoms with Crippen LogP contribution in [-0.2, 0) is 12.7 Å². The number of nitrogens with zero attached hydrogens (tertiary/aromatic N) is 3. The molecule has 2 rings (SSSR count). The van der Waals surface area contributed by atoms with Crippen LogP contribution in [0.3, 0.4) is 0 Å². The summed E-state index contributed by atoms with van der Waals surface area (Å²) in [6, 6.07) is 1.54. The number of aromatic nitrogens is 3. The van der Waals surface area contributed by atoms with Gasteiger partial charge in [0, 0.05) is 12.7 Å². The van der Waals surface area contributed by atoms with Crippen LogP contribution < -0.4 is 5.32 Å². The number of rotatable bonds is 4. The normalized spacial score (nSPS) is 11.8. The minimum atomic E-state index is -4.45. The Morgan fingerprint density at radius 2 is 2.16 bits per heavy atom. The molecule has 0 atom stereocenters. The van der Waals surface area contributed by atoms with Gasteiger partial charge in [-0.15, -0.1) is 11.3 Å². The molecule has 2 aromatic rings. The number of nitrogens with one attached hydrogen (secondary N) is 1. The standard InChI is InChI=1S/C11H11F3N4S/c1-2-15-5-8-9(11(12,13)14)18-10(19-8)7-3-4-16-6-17-7/h3-4,6,15H,2,5H2,1H3. The van der Waals surface area contributed by atoms with Crippen molar-refractivity contribution in [2.24, 2.45) is 0 Å². The molecule has 1 N–H and O–H groups in total. The fraction of sp³-hybridized carbons (Fsp3) is 0.364. The molecule has 0 bridgehead atoms. The van der Waals surface area contributed by atoms with E-state index in [1.54, 1.807) is 0 Å². The van der Waals surface area contributed by atoms with E-state index in [2.05, 4.69) is 20.3 Å². The van der Waals surface area contributed by atoms with Gasteiger partial charge in [-0.3, -0.25) is 0 Å². The summed E-state index contributed by atoms with van der Waals surface area (Å²) < 4.78 is 38.7. The molecular formula is C11H11F3N4S. The van der Waals surface area contributed by atoms with E-state index in [1.807, 2.05) is 6.92 Å². The van der Waals surface area contributed by atoms with Gasteiger partial charge in [-0.2, -0.15) is 13.2 Å². The molecule has 0 spiro atoms. The van der Waals surface area contributed by atoms with Crippen molar-refractivity contribution in [3.63, 3.8) is 0 Å². The molecule has 0 saturated carbocycles. The van der Waals surface area contributed by atoms with Gasteiger partial charge in [0.1, 0.15) is 17.0 Å². The van der Waals surface area contributed by atoms with E-state index in [-0.39, 0.29) is 16.4 Å². The third-order valence-corrected chi connectivity index (χ3v) is 3.38. The number of halogens is 3. The van der Waals surface area contributed by atoms with Crippen molar-refractivity contribution >= 4 is 11.3 Å². The Bertz CT molecular complexity index is 539. The van der Waals surface area contributed by atoms with Crippen molar-refractivity contribution in [3.8, 4) is 10.7 Å². The van der Waals surface area contributed by atoms with E-state index >= 15 is 0 Å². The summed E-state index contributed by atoms with van der Waals surface area (Å²) in [6.45, 7) is 2.58. The first-order chi connectivity index (χ1) is 9.02. The van der Waals surface area contributed by atoms with Crippen molar-refractivity contribution in [1.29, 1.82) is 0 Å². The molecule has 0 aliphatic carbocycles. The van der Waals surface area contributed by atoms with Gasteiger partial charge in [-0.1, -0.05) is 6.92 Å². The second-order valence-electron chi connectivity index (χ2n) is 3.66. The first kappa shape index (κ1) is 13.9. The number of hydrogen-bond donors (Lipinski definition) is 1. The van der Waals surface area contributed by atoms with Gasteiger partial charge in [-0.25, -0.2) is 15.0 Å². The minimum Gasteiger partial charge on any atom is -0.312 e. The van der Waals surface area contributed by atoms with Gasteiger partial charge in [0.15, 0.2) is 5.69 Å². The molecule has 19 heavy (non-hydrogen) atoms. The lowest BCUT2D eigenvalue weighted by atomic mass is 10.3. The molecule has 0 radical (unpaired) electrons. The van der Waals surface area contributed by atoms with Gasteiger partial charge in [-0.05, 0) is 12.6 Å². The van der Waals surface area contributed by atoms with Gasteiger partial charge >= 0.3 is 6.18 Å². The third kappa shape index (κ3) is 3.27. The molecule has 2 aromatic heterocycles. The summed E-state index contributed by atoms with van der Waals surface area (Å²) in [6.07, 6.45) is -1.69. The first-order valence-electron chi connectivity index (χ1n) is 5.56. The highest BCUT2D eigenvalue weighted by molar-refractivity contribution is 7.15. The smallest absolute Gasteiger partial charge is 0.312 e. The molecule has 8 heteroatoms. The molecule has 0 aliphatic rings. The molecule has 0 saturated heterocycles. The Labute approximate surface area is 111 Å². The van der Waals surface area contributed by atoms with Crippen LogP contribution in [0.4, 0.5) is 13.2 Å². The van der Waals surface area contributed by atoms with Crippen molar-refractivity contribution in [1.82, 2.24) is 20.3 Å². The van der Waals surface area contributed by atoms with E-state index in [0.29, 0.717) is 12.2 Å². The largest absolute Gasteiger partial charge is 0.434 e. The predicted octanol–water partition coefficient (Wildman–Crippen LogP) is 2.73. The molecular weight excluding hydrogens is 277 g/mol. The number of hydrogen-bond acceptors (Lipinski definition) is 5. The summed E-state index contributed by atoms with van der Waals surface area (Å²) in [4.78, 5) is 11.5. The summed E-state index contributed by atoms with van der Waals surface area (Å²) >= 11 is 0.996. The summed E-state index contributed by atoms with van der Waals surface area (Å²) in [5, 5.41) is 3.13. The highest BCUT2D eigenvalue weighted by atomic mass is 32.1. The molecule has 0 fully saturated rings. The van der Waals surface area contributed by atoms with Crippen LogP contribution in [0, 0.1) is 0 Å². The average Bonchev–Trinajstić information content (AvgIpc) is 2.81. The fourth-order valence-electron chi connectivity index (χ4n) is 1.46. The Balaban J connectivity index is 2.40. The van der Waals surface area contributed by atoms with Crippen LogP contribution in [-0.4, -0.2) is 21.5 Å². The SMILES string of the molecule is CCNCc1sc(-c2ccncn2)nc1C(F)(F)F. The highest BCUT2D eigenvalue weighted by Gasteiger charge is 2.37. The second-order valence-corrected chi connectivity index (χ2v) is 4.75. The molecule has 102 valence electrons. The maximum atomic E-state index is 12.9. The maximum Gasteiger partial charge on any atom is 0.434 e. The van der Waals surface area contributed by atoms with Crippen LogP contribution in [0.2, 0.25) is 0 Å². The summed E-state index contributed by atoms with van der Waals surface area (Å²) in [5.74, 6) is 0. The van der Waals surface area contributed by atoms with Gasteiger partial charge < -0.3 is 5.32 Å². The number of alkyl halides is 3. The zero-order valence-electron chi connectivity index (χ0n) is 10.0. The van der Waals surface area contributed by atoms with E-state index in [4.69, 9.17) is 0 Å². The lowest BCUT2D eigenvalue weighted by molar-refractivity contribution is -0.141. The molecule has 0 aliphatic heterocycles. The number of thiazole rings is 1. The fourth-order valence-corrected chi connectivity index (χ4v) is 2.49. The van der Waals surface area contributed by atoms with Gasteiger partial charge in [0.05, 0.1) is 4.88 Å². The summed E-state index contributed by atoms with van der Waals surface area (Å²) in [5.41, 5.74) is -0.444. The Kier molecular flexibility index (Phi) is 4.11. The van der Waals surface area contributed by atoms with Crippen molar-refractivity contribution in [2.45, 2.75) is 19.6 Å².